The van der Waals surface area contributed by atoms with Crippen LogP contribution in [0, 0.1) is 0 Å². The maximum Gasteiger partial charge on any atom is 0.259 e. The van der Waals surface area contributed by atoms with Gasteiger partial charge in [0.05, 0.1) is 0 Å². The molecule has 0 saturated heterocycles. The number of amides is 1. The Morgan fingerprint density at radius 3 is 2.32 bits per heavy atom. The average molecular weight is 327 g/mol. The van der Waals surface area contributed by atoms with Gasteiger partial charge >= 0.3 is 0 Å². The van der Waals surface area contributed by atoms with Crippen LogP contribution in [-0.4, -0.2) is 23.9 Å². The zero-order valence-electron chi connectivity index (χ0n) is 14.4. The highest BCUT2D eigenvalue weighted by molar-refractivity contribution is 5.93. The summed E-state index contributed by atoms with van der Waals surface area (Å²) in [6.07, 6.45) is 11.8. The molecule has 0 radical (unpaired) electrons. The normalized spacial score (nSPS) is 10.1. The summed E-state index contributed by atoms with van der Waals surface area (Å²) in [5.41, 5.74) is 0.798. The molecule has 0 aromatic carbocycles. The van der Waals surface area contributed by atoms with E-state index in [0.29, 0.717) is 0 Å². The van der Waals surface area contributed by atoms with Crippen molar-refractivity contribution in [1.82, 2.24) is 4.90 Å². The van der Waals surface area contributed by atoms with E-state index in [9.17, 15) is 4.79 Å². The number of aromatic nitrogens is 1. The standard InChI is InChI=1S/C18H31N2O.ClH/c1-4-7-8-9-10-11-14-19-15-12-13-17(16-19)18(21)20(5-2)6-3;/h12-13,15-16H,4-11,14H2,1-3H3;1H/q+1;/p-1. The molecule has 0 unspecified atom stereocenters. The fraction of sp³-hybridized carbons (Fsp3) is 0.667. The quantitative estimate of drug-likeness (QED) is 0.461. The van der Waals surface area contributed by atoms with E-state index in [1.807, 2.05) is 37.1 Å². The summed E-state index contributed by atoms with van der Waals surface area (Å²) < 4.78 is 2.15. The van der Waals surface area contributed by atoms with E-state index in [1.54, 1.807) is 0 Å². The lowest BCUT2D eigenvalue weighted by molar-refractivity contribution is -0.697. The molecule has 0 fully saturated rings. The summed E-state index contributed by atoms with van der Waals surface area (Å²) in [4.78, 5) is 14.2. The van der Waals surface area contributed by atoms with Gasteiger partial charge in [-0.25, -0.2) is 4.57 Å². The lowest BCUT2D eigenvalue weighted by Crippen LogP contribution is -3.00. The number of carbonyl (C=O) groups is 1. The lowest BCUT2D eigenvalue weighted by atomic mass is 10.1. The molecule has 1 aromatic rings. The van der Waals surface area contributed by atoms with Gasteiger partial charge in [0.15, 0.2) is 12.4 Å². The lowest BCUT2D eigenvalue weighted by Gasteiger charge is -2.17. The van der Waals surface area contributed by atoms with Crippen LogP contribution in [0.2, 0.25) is 0 Å². The maximum atomic E-state index is 12.3. The van der Waals surface area contributed by atoms with Crippen molar-refractivity contribution in [2.45, 2.75) is 65.8 Å². The number of hydrogen-bond donors (Lipinski definition) is 0. The second-order valence-electron chi connectivity index (χ2n) is 5.58. The topological polar surface area (TPSA) is 24.2 Å². The number of rotatable bonds is 10. The van der Waals surface area contributed by atoms with Gasteiger partial charge in [-0.15, -0.1) is 0 Å². The van der Waals surface area contributed by atoms with Crippen LogP contribution in [0.5, 0.6) is 0 Å². The number of halogens is 1. The fourth-order valence-corrected chi connectivity index (χ4v) is 2.56. The first-order valence-electron chi connectivity index (χ1n) is 8.51. The molecular formula is C18H31ClN2O. The van der Waals surface area contributed by atoms with Crippen molar-refractivity contribution in [2.24, 2.45) is 0 Å². The number of carbonyl (C=O) groups excluding carboxylic acids is 1. The van der Waals surface area contributed by atoms with E-state index in [4.69, 9.17) is 0 Å². The third-order valence-corrected chi connectivity index (χ3v) is 3.93. The number of aryl methyl sites for hydroxylation is 1. The van der Waals surface area contributed by atoms with E-state index >= 15 is 0 Å². The molecule has 4 heteroatoms. The van der Waals surface area contributed by atoms with E-state index < -0.39 is 0 Å². The molecule has 1 amide bonds. The molecule has 0 N–H and O–H groups in total. The Bertz CT molecular complexity index is 419. The van der Waals surface area contributed by atoms with Crippen molar-refractivity contribution in [1.29, 1.82) is 0 Å². The molecule has 0 spiro atoms. The third-order valence-electron chi connectivity index (χ3n) is 3.93. The summed E-state index contributed by atoms with van der Waals surface area (Å²) in [6, 6.07) is 3.90. The molecule has 0 bridgehead atoms. The van der Waals surface area contributed by atoms with Crippen molar-refractivity contribution in [2.75, 3.05) is 13.1 Å². The molecule has 0 saturated carbocycles. The Labute approximate surface area is 142 Å². The van der Waals surface area contributed by atoms with Crippen LogP contribution in [0.4, 0.5) is 0 Å². The van der Waals surface area contributed by atoms with E-state index in [-0.39, 0.29) is 18.3 Å². The second-order valence-corrected chi connectivity index (χ2v) is 5.58. The van der Waals surface area contributed by atoms with Gasteiger partial charge in [0.2, 0.25) is 0 Å². The minimum atomic E-state index is 0. The Morgan fingerprint density at radius 1 is 1.05 bits per heavy atom. The zero-order valence-corrected chi connectivity index (χ0v) is 15.1. The van der Waals surface area contributed by atoms with Crippen molar-refractivity contribution in [3.8, 4) is 0 Å². The van der Waals surface area contributed by atoms with Gasteiger partial charge in [-0.05, 0) is 26.3 Å². The molecular weight excluding hydrogens is 296 g/mol. The van der Waals surface area contributed by atoms with Crippen molar-refractivity contribution in [3.63, 3.8) is 0 Å². The fourth-order valence-electron chi connectivity index (χ4n) is 2.56. The Kier molecular flexibility index (Phi) is 11.8. The van der Waals surface area contributed by atoms with E-state index in [1.165, 1.54) is 38.5 Å². The molecule has 1 rings (SSSR count). The minimum absolute atomic E-state index is 0. The first-order chi connectivity index (χ1) is 10.2. The van der Waals surface area contributed by atoms with Gasteiger partial charge in [0, 0.05) is 25.6 Å². The van der Waals surface area contributed by atoms with Crippen LogP contribution in [0.15, 0.2) is 24.5 Å². The van der Waals surface area contributed by atoms with Gasteiger partial charge in [-0.2, -0.15) is 0 Å². The van der Waals surface area contributed by atoms with Crippen molar-refractivity contribution in [3.05, 3.63) is 30.1 Å². The predicted molar refractivity (Wildman–Crippen MR) is 87.3 cm³/mol. The van der Waals surface area contributed by atoms with E-state index in [0.717, 1.165) is 25.2 Å². The highest BCUT2D eigenvalue weighted by Gasteiger charge is 2.15. The van der Waals surface area contributed by atoms with Crippen molar-refractivity contribution >= 4 is 5.91 Å². The van der Waals surface area contributed by atoms with Crippen LogP contribution < -0.4 is 17.0 Å². The smallest absolute Gasteiger partial charge is 0.259 e. The highest BCUT2D eigenvalue weighted by Crippen LogP contribution is 2.05. The zero-order chi connectivity index (χ0) is 15.5. The van der Waals surface area contributed by atoms with E-state index in [2.05, 4.69) is 17.7 Å². The van der Waals surface area contributed by atoms with Crippen molar-refractivity contribution < 1.29 is 21.8 Å². The average Bonchev–Trinajstić information content (AvgIpc) is 2.52. The number of unbranched alkanes of at least 4 members (excludes halogenated alkanes) is 5. The minimum Gasteiger partial charge on any atom is -1.00 e. The molecule has 0 aliphatic carbocycles. The molecule has 3 nitrogen and oxygen atoms in total. The number of hydrogen-bond acceptors (Lipinski definition) is 1. The molecule has 1 aromatic heterocycles. The van der Waals surface area contributed by atoms with Crippen LogP contribution in [-0.2, 0) is 6.54 Å². The van der Waals surface area contributed by atoms with Gasteiger partial charge in [-0.3, -0.25) is 4.79 Å². The van der Waals surface area contributed by atoms with Gasteiger partial charge in [0.25, 0.3) is 5.91 Å². The number of pyridine rings is 1. The first-order valence-corrected chi connectivity index (χ1v) is 8.51. The molecule has 0 aliphatic heterocycles. The summed E-state index contributed by atoms with van der Waals surface area (Å²) >= 11 is 0. The Hall–Kier alpha value is -1.09. The van der Waals surface area contributed by atoms with Gasteiger partial charge in [-0.1, -0.05) is 32.6 Å². The first kappa shape index (κ1) is 20.9. The SMILES string of the molecule is CCCCCCCC[n+]1cccc(C(=O)N(CC)CC)c1.[Cl-]. The van der Waals surface area contributed by atoms with Crippen LogP contribution in [0.1, 0.15) is 69.7 Å². The van der Waals surface area contributed by atoms with Crippen LogP contribution in [0.25, 0.3) is 0 Å². The highest BCUT2D eigenvalue weighted by atomic mass is 35.5. The summed E-state index contributed by atoms with van der Waals surface area (Å²) in [5, 5.41) is 0. The second kappa shape index (κ2) is 12.5. The maximum absolute atomic E-state index is 12.3. The third kappa shape index (κ3) is 7.26. The molecule has 0 aliphatic rings. The van der Waals surface area contributed by atoms with Crippen LogP contribution >= 0.6 is 0 Å². The monoisotopic (exact) mass is 326 g/mol. The van der Waals surface area contributed by atoms with Gasteiger partial charge < -0.3 is 17.3 Å². The largest absolute Gasteiger partial charge is 1.00 e. The summed E-state index contributed by atoms with van der Waals surface area (Å²) in [7, 11) is 0. The summed E-state index contributed by atoms with van der Waals surface area (Å²) in [6.45, 7) is 8.83. The summed E-state index contributed by atoms with van der Waals surface area (Å²) in [5.74, 6) is 0.136. The molecule has 22 heavy (non-hydrogen) atoms. The Balaban J connectivity index is 0.00000441. The van der Waals surface area contributed by atoms with Crippen LogP contribution in [0.3, 0.4) is 0 Å². The van der Waals surface area contributed by atoms with Gasteiger partial charge in [0.1, 0.15) is 12.1 Å². The Morgan fingerprint density at radius 2 is 1.68 bits per heavy atom. The molecule has 126 valence electrons. The molecule has 1 heterocycles. The molecule has 0 atom stereocenters. The predicted octanol–water partition coefficient (Wildman–Crippen LogP) is 0.821. The number of nitrogens with zero attached hydrogens (tertiary/aromatic N) is 2.